The van der Waals surface area contributed by atoms with Crippen molar-refractivity contribution in [3.05, 3.63) is 24.1 Å². The second-order valence-corrected chi connectivity index (χ2v) is 5.03. The number of rotatable bonds is 5. The first-order valence-electron chi connectivity index (χ1n) is 5.72. The molecule has 1 aromatic carbocycles. The third-order valence-electron chi connectivity index (χ3n) is 2.63. The Kier molecular flexibility index (Phi) is 4.28. The number of hydrogen-bond donors (Lipinski definition) is 3. The third kappa shape index (κ3) is 3.18. The Bertz CT molecular complexity index is 559. The van der Waals surface area contributed by atoms with Crippen molar-refractivity contribution in [1.29, 1.82) is 0 Å². The highest BCUT2D eigenvalue weighted by atomic mass is 32.2. The molecule has 0 aliphatic heterocycles. The molecular formula is C12H15N3O3S. The fourth-order valence-electron chi connectivity index (χ4n) is 1.53. The zero-order chi connectivity index (χ0) is 13.8. The number of hydrogen-bond acceptors (Lipinski definition) is 7. The van der Waals surface area contributed by atoms with Crippen LogP contribution in [0.4, 0.5) is 0 Å². The summed E-state index contributed by atoms with van der Waals surface area (Å²) in [5.74, 6) is 1.21. The average molecular weight is 281 g/mol. The van der Waals surface area contributed by atoms with Crippen LogP contribution in [0.2, 0.25) is 0 Å². The number of nitrogens with two attached hydrogens (primary N) is 1. The monoisotopic (exact) mass is 281 g/mol. The Morgan fingerprint density at radius 2 is 2.16 bits per heavy atom. The zero-order valence-corrected chi connectivity index (χ0v) is 11.2. The summed E-state index contributed by atoms with van der Waals surface area (Å²) in [7, 11) is 0. The molecule has 1 heterocycles. The van der Waals surface area contributed by atoms with E-state index in [0.29, 0.717) is 17.3 Å². The van der Waals surface area contributed by atoms with E-state index < -0.39 is 0 Å². The normalized spacial score (nSPS) is 12.5. The second-order valence-electron chi connectivity index (χ2n) is 4.05. The number of phenolic OH excluding ortho intramolecular Hbond substituents is 2. The van der Waals surface area contributed by atoms with Crippen molar-refractivity contribution in [1.82, 2.24) is 10.1 Å². The molecular weight excluding hydrogens is 266 g/mol. The van der Waals surface area contributed by atoms with Crippen molar-refractivity contribution in [3.8, 4) is 22.9 Å². The fraction of sp³-hybridized carbons (Fsp3) is 0.333. The van der Waals surface area contributed by atoms with Gasteiger partial charge >= 0.3 is 0 Å². The molecule has 2 aromatic rings. The van der Waals surface area contributed by atoms with Crippen molar-refractivity contribution in [2.24, 2.45) is 5.73 Å². The topological polar surface area (TPSA) is 105 Å². The second kappa shape index (κ2) is 5.94. The molecule has 0 unspecified atom stereocenters. The minimum Gasteiger partial charge on any atom is -0.504 e. The highest BCUT2D eigenvalue weighted by Gasteiger charge is 2.16. The molecule has 0 radical (unpaired) electrons. The number of thioether (sulfide) groups is 1. The van der Waals surface area contributed by atoms with Crippen LogP contribution in [0.5, 0.6) is 11.5 Å². The maximum absolute atomic E-state index is 9.43. The number of phenols is 2. The molecule has 0 amide bonds. The summed E-state index contributed by atoms with van der Waals surface area (Å²) in [5, 5.41) is 22.5. The van der Waals surface area contributed by atoms with Crippen molar-refractivity contribution < 1.29 is 14.7 Å². The van der Waals surface area contributed by atoms with Crippen LogP contribution >= 0.6 is 11.8 Å². The highest BCUT2D eigenvalue weighted by molar-refractivity contribution is 7.98. The van der Waals surface area contributed by atoms with Gasteiger partial charge in [-0.15, -0.1) is 0 Å². The Morgan fingerprint density at radius 1 is 1.37 bits per heavy atom. The standard InChI is InChI=1S/C12H15N3O3S/c1-19-5-4-8(13)12-14-11(15-18-12)7-2-3-9(16)10(17)6-7/h2-3,6,8,16-17H,4-5,13H2,1H3/t8-/m0/s1. The first-order chi connectivity index (χ1) is 9.11. The molecule has 0 fully saturated rings. The molecule has 1 atom stereocenters. The maximum atomic E-state index is 9.43. The van der Waals surface area contributed by atoms with E-state index in [1.54, 1.807) is 17.8 Å². The van der Waals surface area contributed by atoms with Gasteiger partial charge in [-0.2, -0.15) is 16.7 Å². The summed E-state index contributed by atoms with van der Waals surface area (Å²) in [6, 6.07) is 4.04. The molecule has 19 heavy (non-hydrogen) atoms. The Balaban J connectivity index is 2.18. The number of aromatic hydroxyl groups is 2. The van der Waals surface area contributed by atoms with E-state index >= 15 is 0 Å². The summed E-state index contributed by atoms with van der Waals surface area (Å²) in [6.45, 7) is 0. The molecule has 0 saturated carbocycles. The lowest BCUT2D eigenvalue weighted by atomic mass is 10.2. The SMILES string of the molecule is CSCC[C@H](N)c1nc(-c2ccc(O)c(O)c2)no1. The van der Waals surface area contributed by atoms with Crippen LogP contribution in [0.15, 0.2) is 22.7 Å². The molecule has 7 heteroatoms. The van der Waals surface area contributed by atoms with Crippen LogP contribution in [0.3, 0.4) is 0 Å². The van der Waals surface area contributed by atoms with Crippen LogP contribution in [0.25, 0.3) is 11.4 Å². The van der Waals surface area contributed by atoms with E-state index in [1.165, 1.54) is 12.1 Å². The van der Waals surface area contributed by atoms with Crippen LogP contribution < -0.4 is 5.73 Å². The maximum Gasteiger partial charge on any atom is 0.243 e. The van der Waals surface area contributed by atoms with Gasteiger partial charge in [-0.3, -0.25) is 0 Å². The van der Waals surface area contributed by atoms with Crippen LogP contribution in [-0.2, 0) is 0 Å². The predicted molar refractivity (Wildman–Crippen MR) is 73.0 cm³/mol. The van der Waals surface area contributed by atoms with Gasteiger partial charge in [0.1, 0.15) is 0 Å². The fourth-order valence-corrected chi connectivity index (χ4v) is 2.02. The Labute approximate surface area is 114 Å². The van der Waals surface area contributed by atoms with Gasteiger partial charge < -0.3 is 20.5 Å². The Hall–Kier alpha value is -1.73. The lowest BCUT2D eigenvalue weighted by Gasteiger charge is -2.03. The van der Waals surface area contributed by atoms with E-state index in [4.69, 9.17) is 10.3 Å². The van der Waals surface area contributed by atoms with E-state index in [2.05, 4.69) is 10.1 Å². The molecule has 0 aliphatic rings. The lowest BCUT2D eigenvalue weighted by molar-refractivity contribution is 0.353. The van der Waals surface area contributed by atoms with E-state index in [1.807, 2.05) is 6.26 Å². The smallest absolute Gasteiger partial charge is 0.243 e. The molecule has 2 rings (SSSR count). The van der Waals surface area contributed by atoms with Crippen molar-refractivity contribution in [3.63, 3.8) is 0 Å². The van der Waals surface area contributed by atoms with Gasteiger partial charge in [0.2, 0.25) is 11.7 Å². The van der Waals surface area contributed by atoms with Gasteiger partial charge in [-0.25, -0.2) is 0 Å². The van der Waals surface area contributed by atoms with Crippen LogP contribution in [0.1, 0.15) is 18.4 Å². The van der Waals surface area contributed by atoms with Crippen LogP contribution in [0, 0.1) is 0 Å². The molecule has 0 spiro atoms. The largest absolute Gasteiger partial charge is 0.504 e. The minimum absolute atomic E-state index is 0.191. The van der Waals surface area contributed by atoms with Gasteiger partial charge in [-0.1, -0.05) is 5.16 Å². The van der Waals surface area contributed by atoms with Gasteiger partial charge in [0.05, 0.1) is 6.04 Å². The van der Waals surface area contributed by atoms with E-state index in [9.17, 15) is 10.2 Å². The number of nitrogens with zero attached hydrogens (tertiary/aromatic N) is 2. The first kappa shape index (κ1) is 13.7. The van der Waals surface area contributed by atoms with Gasteiger partial charge in [-0.05, 0) is 36.6 Å². The summed E-state index contributed by atoms with van der Waals surface area (Å²) < 4.78 is 5.11. The van der Waals surface area contributed by atoms with Crippen molar-refractivity contribution in [2.75, 3.05) is 12.0 Å². The molecule has 4 N–H and O–H groups in total. The summed E-state index contributed by atoms with van der Waals surface area (Å²) >= 11 is 1.70. The van der Waals surface area contributed by atoms with E-state index in [-0.39, 0.29) is 17.5 Å². The molecule has 6 nitrogen and oxygen atoms in total. The van der Waals surface area contributed by atoms with Crippen LogP contribution in [-0.4, -0.2) is 32.4 Å². The summed E-state index contributed by atoms with van der Waals surface area (Å²) in [4.78, 5) is 4.20. The quantitative estimate of drug-likeness (QED) is 0.719. The summed E-state index contributed by atoms with van der Waals surface area (Å²) in [6.07, 6.45) is 2.76. The summed E-state index contributed by atoms with van der Waals surface area (Å²) in [5.41, 5.74) is 6.49. The molecule has 0 bridgehead atoms. The molecule has 102 valence electrons. The molecule has 0 aliphatic carbocycles. The first-order valence-corrected chi connectivity index (χ1v) is 7.11. The van der Waals surface area contributed by atoms with Crippen molar-refractivity contribution in [2.45, 2.75) is 12.5 Å². The lowest BCUT2D eigenvalue weighted by Crippen LogP contribution is -2.11. The molecule has 0 saturated heterocycles. The number of benzene rings is 1. The minimum atomic E-state index is -0.292. The van der Waals surface area contributed by atoms with Gasteiger partial charge in [0, 0.05) is 5.56 Å². The zero-order valence-electron chi connectivity index (χ0n) is 10.4. The predicted octanol–water partition coefficient (Wildman–Crippen LogP) is 1.90. The third-order valence-corrected chi connectivity index (χ3v) is 3.27. The average Bonchev–Trinajstić information content (AvgIpc) is 2.89. The van der Waals surface area contributed by atoms with Crippen molar-refractivity contribution >= 4 is 11.8 Å². The van der Waals surface area contributed by atoms with Gasteiger partial charge in [0.25, 0.3) is 0 Å². The Morgan fingerprint density at radius 3 is 2.84 bits per heavy atom. The highest BCUT2D eigenvalue weighted by Crippen LogP contribution is 2.29. The number of aromatic nitrogens is 2. The van der Waals surface area contributed by atoms with E-state index in [0.717, 1.165) is 12.2 Å². The van der Waals surface area contributed by atoms with Gasteiger partial charge in [0.15, 0.2) is 11.5 Å². The molecule has 1 aromatic heterocycles.